The Hall–Kier alpha value is -0.560. The fourth-order valence-corrected chi connectivity index (χ4v) is 25.1. The van der Waals surface area contributed by atoms with Gasteiger partial charge in [-0.2, -0.15) is 0 Å². The average Bonchev–Trinajstić information content (AvgIpc) is 3.38. The number of nitrogens with zero attached hydrogens (tertiary/aromatic N) is 2. The van der Waals surface area contributed by atoms with Gasteiger partial charge in [-0.25, -0.2) is 0 Å². The molecule has 2 N–H and O–H groups in total. The molecule has 0 aliphatic heterocycles. The molecule has 72 heavy (non-hydrogen) atoms. The summed E-state index contributed by atoms with van der Waals surface area (Å²) in [6.07, 6.45) is 81.7. The van der Waals surface area contributed by atoms with Gasteiger partial charge >= 0.3 is 433 Å². The first kappa shape index (κ1) is 73.5. The van der Waals surface area contributed by atoms with E-state index < -0.39 is 13.5 Å². The van der Waals surface area contributed by atoms with Crippen LogP contribution in [0.15, 0.2) is 0 Å². The zero-order valence-corrected chi connectivity index (χ0v) is 53.2. The van der Waals surface area contributed by atoms with E-state index in [0.717, 1.165) is 0 Å². The van der Waals surface area contributed by atoms with Crippen LogP contribution >= 0.6 is 13.5 Å². The van der Waals surface area contributed by atoms with E-state index in [1.54, 1.807) is 0 Å². The summed E-state index contributed by atoms with van der Waals surface area (Å²) in [5, 5.41) is 27.5. The second kappa shape index (κ2) is 53.8. The molecule has 6 heteroatoms. The van der Waals surface area contributed by atoms with Crippen LogP contribution in [0.3, 0.4) is 0 Å². The van der Waals surface area contributed by atoms with Crippen molar-refractivity contribution in [3.63, 3.8) is 0 Å². The van der Waals surface area contributed by atoms with Crippen molar-refractivity contribution in [2.75, 3.05) is 49.3 Å². The van der Waals surface area contributed by atoms with Crippen LogP contribution in [0, 0.1) is 22.9 Å². The zero-order valence-electron chi connectivity index (χ0n) is 51.4. The van der Waals surface area contributed by atoms with Gasteiger partial charge in [-0.1, -0.05) is 26.7 Å². The second-order valence-corrected chi connectivity index (χ2v) is 36.2. The van der Waals surface area contributed by atoms with Gasteiger partial charge in [0.2, 0.25) is 0 Å². The van der Waals surface area contributed by atoms with Gasteiger partial charge < -0.3 is 0 Å². The third-order valence-electron chi connectivity index (χ3n) is 17.5. The molecule has 0 aliphatic carbocycles. The van der Waals surface area contributed by atoms with Gasteiger partial charge in [0.25, 0.3) is 0 Å². The van der Waals surface area contributed by atoms with E-state index in [-0.39, 0.29) is 0 Å². The Bertz CT molecular complexity index is 1020. The monoisotopic (exact) mass is 1050 g/mol. The zero-order chi connectivity index (χ0) is 53.3. The molecular weight excluding hydrogens is 911 g/mol. The summed E-state index contributed by atoms with van der Waals surface area (Å²) in [4.78, 5) is 0. The summed E-state index contributed by atoms with van der Waals surface area (Å²) >= 11 is 0. The van der Waals surface area contributed by atoms with Crippen LogP contribution in [-0.2, 0) is 0 Å². The molecule has 0 saturated heterocycles. The van der Waals surface area contributed by atoms with Gasteiger partial charge in [-0.3, -0.25) is 0 Å². The fraction of sp³-hybridized carbons (Fsp3) is 0.970. The third kappa shape index (κ3) is 40.7. The number of hydrogen-bond acceptors (Lipinski definition) is 4. The molecule has 0 bridgehead atoms. The molecule has 0 rings (SSSR count). The minimum atomic E-state index is -2.20. The molecule has 432 valence electrons. The van der Waals surface area contributed by atoms with E-state index >= 15 is 0 Å². The first-order valence-electron chi connectivity index (χ1n) is 33.6. The summed E-state index contributed by atoms with van der Waals surface area (Å²) in [6.45, 7) is 14.1. The van der Waals surface area contributed by atoms with E-state index in [4.69, 9.17) is 0 Å². The molecule has 0 saturated carbocycles. The summed E-state index contributed by atoms with van der Waals surface area (Å²) in [7, 11) is 0. The first-order chi connectivity index (χ1) is 35.2. The molecule has 0 radical (unpaired) electrons. The van der Waals surface area contributed by atoms with Gasteiger partial charge in [0.1, 0.15) is 0 Å². The van der Waals surface area contributed by atoms with Crippen molar-refractivity contribution in [2.24, 2.45) is 0 Å². The van der Waals surface area contributed by atoms with Crippen molar-refractivity contribution < 1.29 is 0 Å². The standard InChI is InChI=1S/2C33H69N2P/c2*1-5-9-13-17-18-19-20-21-22-23-24-28-32-36(35-33-34,29-25-14-10-6-2,30-26-15-11-7-3)31-27-16-12-8-4/h2*35H,5-32H2,1-4H3. The van der Waals surface area contributed by atoms with Crippen molar-refractivity contribution in [1.29, 1.82) is 10.5 Å². The van der Waals surface area contributed by atoms with Gasteiger partial charge in [0.05, 0.1) is 0 Å². The molecule has 0 fully saturated rings. The van der Waals surface area contributed by atoms with Gasteiger partial charge in [0.15, 0.2) is 0 Å². The number of unbranched alkanes of at least 4 members (excludes halogenated alkanes) is 40. The van der Waals surface area contributed by atoms with Crippen LogP contribution in [0.25, 0.3) is 0 Å². The van der Waals surface area contributed by atoms with Crippen LogP contribution in [-0.4, -0.2) is 49.3 Å². The summed E-state index contributed by atoms with van der Waals surface area (Å²) in [5.41, 5.74) is 0. The van der Waals surface area contributed by atoms with E-state index in [1.165, 1.54) is 357 Å². The molecule has 0 heterocycles. The Kier molecular flexibility index (Phi) is 55.0. The predicted molar refractivity (Wildman–Crippen MR) is 337 cm³/mol. The first-order valence-corrected chi connectivity index (χ1v) is 39.5. The van der Waals surface area contributed by atoms with Gasteiger partial charge in [-0.15, -0.1) is 0 Å². The Labute approximate surface area is 457 Å². The fourth-order valence-electron chi connectivity index (χ4n) is 12.5. The molecule has 0 unspecified atom stereocenters. The number of nitrogens with one attached hydrogen (secondary N) is 2. The van der Waals surface area contributed by atoms with Crippen molar-refractivity contribution in [3.05, 3.63) is 0 Å². The molecule has 0 aromatic heterocycles. The van der Waals surface area contributed by atoms with Gasteiger partial charge in [-0.05, 0) is 0 Å². The Balaban J connectivity index is 0. The Morgan fingerprint density at radius 2 is 0.306 bits per heavy atom. The molecule has 0 spiro atoms. The van der Waals surface area contributed by atoms with Crippen LogP contribution in [0.1, 0.15) is 364 Å². The van der Waals surface area contributed by atoms with Crippen LogP contribution in [0.2, 0.25) is 0 Å². The van der Waals surface area contributed by atoms with E-state index in [2.05, 4.69) is 78.0 Å². The molecule has 0 aromatic carbocycles. The average molecular weight is 1050 g/mol. The van der Waals surface area contributed by atoms with Crippen LogP contribution < -0.4 is 10.2 Å². The molecule has 0 aliphatic rings. The predicted octanol–water partition coefficient (Wildman–Crippen LogP) is 23.9. The van der Waals surface area contributed by atoms with Crippen molar-refractivity contribution in [1.82, 2.24) is 10.2 Å². The molecule has 0 amide bonds. The quantitative estimate of drug-likeness (QED) is 0.0276. The third-order valence-corrected chi connectivity index (χ3v) is 30.9. The number of rotatable bonds is 58. The SMILES string of the molecule is CCCCCCCCCCCCCCP(CCCCCC)(CCCCCC)(CCCCCC)NC#N.CCCCCCCCCCCCCCP(CCCCCC)(CCCCCC)(CCCCCC)NC#N. The molecule has 0 atom stereocenters. The molecule has 0 aromatic rings. The Morgan fingerprint density at radius 3 is 0.431 bits per heavy atom. The Morgan fingerprint density at radius 1 is 0.194 bits per heavy atom. The summed E-state index contributed by atoms with van der Waals surface area (Å²) in [6, 6.07) is 0. The van der Waals surface area contributed by atoms with Crippen LogP contribution in [0.4, 0.5) is 0 Å². The molecule has 4 nitrogen and oxygen atoms in total. The van der Waals surface area contributed by atoms with Crippen molar-refractivity contribution in [2.45, 2.75) is 364 Å². The summed E-state index contributed by atoms with van der Waals surface area (Å²) in [5.74, 6) is 0. The van der Waals surface area contributed by atoms with E-state index in [0.29, 0.717) is 0 Å². The van der Waals surface area contributed by atoms with Crippen molar-refractivity contribution >= 4 is 13.5 Å². The van der Waals surface area contributed by atoms with E-state index in [9.17, 15) is 10.5 Å². The number of hydrogen-bond donors (Lipinski definition) is 2. The summed E-state index contributed by atoms with van der Waals surface area (Å²) < 4.78 is 0. The maximum atomic E-state index is 10.0. The van der Waals surface area contributed by atoms with E-state index in [1.807, 2.05) is 0 Å². The maximum absolute atomic E-state index is 10.0. The van der Waals surface area contributed by atoms with Crippen LogP contribution in [0.5, 0.6) is 0 Å². The van der Waals surface area contributed by atoms with Gasteiger partial charge in [0, 0.05) is 0 Å². The van der Waals surface area contributed by atoms with Crippen molar-refractivity contribution in [3.8, 4) is 12.4 Å². The topological polar surface area (TPSA) is 71.6 Å². The normalized spacial score (nSPS) is 12.8. The minimum absolute atomic E-state index is 1.30. The number of nitriles is 2. The second-order valence-electron chi connectivity index (χ2n) is 24.3. The molecular formula is C66H138N4P2.